The molecule has 21 aromatic rings. The first-order valence-corrected chi connectivity index (χ1v) is 43.1. The molecule has 0 aliphatic rings. The number of furan rings is 3. The van der Waals surface area contributed by atoms with Gasteiger partial charge in [-0.15, -0.1) is 161 Å². The Kier molecular flexibility index (Phi) is 23.9. The van der Waals surface area contributed by atoms with E-state index in [0.717, 1.165) is 128 Å². The second kappa shape index (κ2) is 42.3. The Hall–Kier alpha value is -12.3. The van der Waals surface area contributed by atoms with Crippen molar-refractivity contribution in [2.24, 2.45) is 16.2 Å². The number of hydrogen-bond acceptors (Lipinski definition) is 9. The average molecular weight is 2290 g/mol. The fraction of sp³-hybridized carbons (Fsp3) is 0.207. The Balaban J connectivity index is 0.000000155. The second-order valence-electron chi connectivity index (χ2n) is 35.8. The van der Waals surface area contributed by atoms with Crippen molar-refractivity contribution in [3.8, 4) is 67.5 Å². The van der Waals surface area contributed by atoms with Gasteiger partial charge in [-0.05, 0) is 174 Å². The van der Waals surface area contributed by atoms with Gasteiger partial charge in [0.1, 0.15) is 16.7 Å². The average Bonchev–Trinajstić information content (AvgIpc) is 1.59. The third-order valence-corrected chi connectivity index (χ3v) is 22.0. The minimum Gasteiger partial charge on any atom is -0.500 e. The van der Waals surface area contributed by atoms with Crippen LogP contribution in [0.5, 0.6) is 0 Å². The summed E-state index contributed by atoms with van der Waals surface area (Å²) in [6.45, 7) is 15.3. The molecule has 133 heavy (non-hydrogen) atoms. The first kappa shape index (κ1) is 75.1. The third-order valence-electron chi connectivity index (χ3n) is 22.0. The van der Waals surface area contributed by atoms with E-state index in [9.17, 15) is 0 Å². The van der Waals surface area contributed by atoms with Crippen molar-refractivity contribution in [1.29, 1.82) is 0 Å². The van der Waals surface area contributed by atoms with Crippen molar-refractivity contribution < 1.29 is 99.6 Å². The standard InChI is InChI=1S/3C27H24NO.2C14H14N.C12H10N.3Ir/c3*1-17-16-28-24(14-19(17)15-27(2,3)4)23-11-7-10-21-22-13-12-18-8-5-6-9-20(18)25(22)29-26(21)23;2*1-10-4-6-13(7-5-10)14-8-11(2)12(3)9-15-14;1-10-7-8-12(13-9-10)11-5-3-2-4-6-11;;;/h3*5-10,12-14,16H,15H2,1-4H3;2*4-6,8-9H,1-3H3;2-5,7-9H,1H3;;;/q6*-1;;;/i2*1D3,15D2;;1D3,2D3,3D3;;;;;. The maximum atomic E-state index is 8.80. The van der Waals surface area contributed by atoms with E-state index in [0.29, 0.717) is 39.2 Å². The predicted molar refractivity (Wildman–Crippen MR) is 542 cm³/mol. The fourth-order valence-electron chi connectivity index (χ4n) is 15.4. The molecule has 0 amide bonds. The molecule has 9 heterocycles. The summed E-state index contributed by atoms with van der Waals surface area (Å²) in [5.41, 5.74) is 18.5. The molecule has 12 heteroatoms. The van der Waals surface area contributed by atoms with Crippen molar-refractivity contribution in [3.05, 3.63) is 395 Å². The SMILES string of the molecule is Cc1c[c-]c(-c2cc(C)c(C)cn2)cc1.Cc1ccc(-c2[c-]cccc2)nc1.Cc1cnc(-c2[c-]ccc3c2oc2c4ccccc4ccc32)cc1CC(C)(C)C.[2H]C([2H])([2H])c1c[c-]c(-c2cc(C([2H])([2H])[2H])c(C([2H])([2H])[2H])cn2)cc1.[2H]C([2H])([2H])c1cnc(-c2[c-]ccc3c2oc2c4ccccc4ccc32)cc1C([2H])([2H])C(C)(C)C.[2H]C([2H])([2H])c1cnc(-c2[c-]ccc3c2oc2c4ccccc4ccc32)cc1C([2H])([2H])C(C)(C)C.[Ir].[Ir].[Ir]. The zero-order valence-corrected chi connectivity index (χ0v) is 83.4. The number of aromatic nitrogens is 6. The molecule has 21 rings (SSSR count). The maximum absolute atomic E-state index is 8.80. The van der Waals surface area contributed by atoms with E-state index in [1.165, 1.54) is 75.4 Å². The Morgan fingerprint density at radius 1 is 0.271 bits per heavy atom. The zero-order chi connectivity index (χ0) is 107. The van der Waals surface area contributed by atoms with Crippen LogP contribution in [0.25, 0.3) is 166 Å². The number of benzene rings is 12. The molecule has 12 aromatic carbocycles. The molecule has 0 aliphatic heterocycles. The monoisotopic (exact) mass is 2290 g/mol. The van der Waals surface area contributed by atoms with Gasteiger partial charge < -0.3 is 43.2 Å². The predicted octanol–water partition coefficient (Wildman–Crippen LogP) is 32.3. The van der Waals surface area contributed by atoms with Crippen molar-refractivity contribution in [2.75, 3.05) is 0 Å². The van der Waals surface area contributed by atoms with Crippen molar-refractivity contribution in [2.45, 2.75) is 150 Å². The van der Waals surface area contributed by atoms with Gasteiger partial charge in [-0.1, -0.05) is 288 Å². The van der Waals surface area contributed by atoms with Crippen LogP contribution in [0.2, 0.25) is 0 Å². The van der Waals surface area contributed by atoms with Gasteiger partial charge in [-0.3, -0.25) is 0 Å². The molecule has 0 atom stereocenters. The van der Waals surface area contributed by atoms with Crippen LogP contribution in [0, 0.1) is 122 Å². The van der Waals surface area contributed by atoms with E-state index in [1.54, 1.807) is 65.8 Å². The van der Waals surface area contributed by atoms with Gasteiger partial charge >= 0.3 is 0 Å². The van der Waals surface area contributed by atoms with Crippen LogP contribution < -0.4 is 0 Å². The quantitative estimate of drug-likeness (QED) is 0.130. The molecule has 9 nitrogen and oxygen atoms in total. The van der Waals surface area contributed by atoms with E-state index in [-0.39, 0.29) is 110 Å². The van der Waals surface area contributed by atoms with Gasteiger partial charge in [0.05, 0.1) is 16.7 Å². The van der Waals surface area contributed by atoms with Crippen molar-refractivity contribution >= 4 is 98.1 Å². The first-order chi connectivity index (χ1) is 70.0. The molecule has 675 valence electrons. The third kappa shape index (κ3) is 23.1. The van der Waals surface area contributed by atoms with E-state index >= 15 is 0 Å². The van der Waals surface area contributed by atoms with Gasteiger partial charge in [0.15, 0.2) is 0 Å². The number of nitrogens with zero attached hydrogens (tertiary/aromatic N) is 6. The van der Waals surface area contributed by atoms with Gasteiger partial charge in [-0.25, -0.2) is 0 Å². The molecule has 0 bridgehead atoms. The number of rotatable bonds is 9. The van der Waals surface area contributed by atoms with E-state index in [4.69, 9.17) is 44.3 Å². The molecular formula is C121H110Ir3N6O3-6. The van der Waals surface area contributed by atoms with Crippen LogP contribution in [0.1, 0.15) is 161 Å². The van der Waals surface area contributed by atoms with Crippen LogP contribution in [-0.4, -0.2) is 29.9 Å². The van der Waals surface area contributed by atoms with Gasteiger partial charge in [0.25, 0.3) is 0 Å². The normalized spacial score (nSPS) is 14.1. The summed E-state index contributed by atoms with van der Waals surface area (Å²) < 4.78 is 169. The van der Waals surface area contributed by atoms with Gasteiger partial charge in [0.2, 0.25) is 0 Å². The summed E-state index contributed by atoms with van der Waals surface area (Å²) in [4.78, 5) is 26.3. The number of fused-ring (bicyclic) bond motifs is 15. The minimum atomic E-state index is -2.61. The fourth-order valence-corrected chi connectivity index (χ4v) is 15.4. The molecule has 3 radical (unpaired) electrons. The molecule has 0 saturated heterocycles. The largest absolute Gasteiger partial charge is 0.500 e. The second-order valence-corrected chi connectivity index (χ2v) is 35.8. The minimum absolute atomic E-state index is 0. The van der Waals surface area contributed by atoms with Gasteiger partial charge in [-0.2, -0.15) is 0 Å². The van der Waals surface area contributed by atoms with Gasteiger partial charge in [0, 0.05) is 156 Å². The van der Waals surface area contributed by atoms with E-state index in [2.05, 4.69) is 195 Å². The molecule has 0 saturated carbocycles. The number of hydrogen-bond donors (Lipinski definition) is 0. The van der Waals surface area contributed by atoms with Crippen LogP contribution in [0.4, 0.5) is 0 Å². The number of pyridine rings is 6. The summed E-state index contributed by atoms with van der Waals surface area (Å²) in [6, 6.07) is 98.1. The molecule has 0 aliphatic carbocycles. The van der Waals surface area contributed by atoms with Crippen molar-refractivity contribution in [1.82, 2.24) is 29.9 Å². The Bertz CT molecular complexity index is 8300. The Labute approximate surface area is 850 Å². The molecule has 0 N–H and O–H groups in total. The Morgan fingerprint density at radius 3 is 1.04 bits per heavy atom. The maximum Gasteiger partial charge on any atom is 0.128 e. The topological polar surface area (TPSA) is 117 Å². The molecular weight excluding hydrogens is 2160 g/mol. The smallest absolute Gasteiger partial charge is 0.128 e. The summed E-state index contributed by atoms with van der Waals surface area (Å²) in [6.07, 6.45) is 6.51. The molecule has 0 fully saturated rings. The van der Waals surface area contributed by atoms with E-state index < -0.39 is 57.8 Å². The molecule has 0 unspecified atom stereocenters. The number of aryl methyl sites for hydroxylation is 10. The molecule has 0 spiro atoms. The van der Waals surface area contributed by atoms with Crippen LogP contribution >= 0.6 is 0 Å². The summed E-state index contributed by atoms with van der Waals surface area (Å²) in [5.74, 6) is 0. The van der Waals surface area contributed by atoms with Crippen LogP contribution in [-0.2, 0) is 79.5 Å². The summed E-state index contributed by atoms with van der Waals surface area (Å²) in [7, 11) is 0. The van der Waals surface area contributed by atoms with E-state index in [1.807, 2.05) is 141 Å². The molecule has 9 aromatic heterocycles. The summed E-state index contributed by atoms with van der Waals surface area (Å²) >= 11 is 0. The Morgan fingerprint density at radius 2 is 0.647 bits per heavy atom. The van der Waals surface area contributed by atoms with Crippen LogP contribution in [0.15, 0.2) is 299 Å². The first-order valence-electron chi connectivity index (χ1n) is 52.6. The van der Waals surface area contributed by atoms with Crippen LogP contribution in [0.3, 0.4) is 0 Å². The summed E-state index contributed by atoms with van der Waals surface area (Å²) in [5, 5.41) is 12.4. The van der Waals surface area contributed by atoms with Crippen molar-refractivity contribution in [3.63, 3.8) is 0 Å². The zero-order valence-electron chi connectivity index (χ0n) is 95.3.